The zero-order valence-electron chi connectivity index (χ0n) is 11.7. The van der Waals surface area contributed by atoms with E-state index in [1.165, 1.54) is 11.1 Å². The Kier molecular flexibility index (Phi) is 4.71. The highest BCUT2D eigenvalue weighted by Gasteiger charge is 2.17. The summed E-state index contributed by atoms with van der Waals surface area (Å²) in [6, 6.07) is 10.7. The first-order chi connectivity index (χ1) is 9.24. The van der Waals surface area contributed by atoms with Crippen molar-refractivity contribution in [2.24, 2.45) is 5.73 Å². The second kappa shape index (κ2) is 6.50. The van der Waals surface area contributed by atoms with Gasteiger partial charge >= 0.3 is 0 Å². The summed E-state index contributed by atoms with van der Waals surface area (Å²) in [5.41, 5.74) is 8.41. The Bertz CT molecular complexity index is 492. The molecule has 2 rings (SSSR count). The first kappa shape index (κ1) is 13.8. The van der Waals surface area contributed by atoms with Gasteiger partial charge in [-0.05, 0) is 19.5 Å². The van der Waals surface area contributed by atoms with Crippen molar-refractivity contribution < 1.29 is 0 Å². The van der Waals surface area contributed by atoms with E-state index < -0.39 is 0 Å². The van der Waals surface area contributed by atoms with E-state index in [2.05, 4.69) is 54.4 Å². The quantitative estimate of drug-likeness (QED) is 0.862. The van der Waals surface area contributed by atoms with E-state index >= 15 is 0 Å². The number of hydrogen-bond donors (Lipinski definition) is 1. The van der Waals surface area contributed by atoms with Crippen molar-refractivity contribution in [1.82, 2.24) is 14.7 Å². The normalized spacial score (nSPS) is 12.8. The summed E-state index contributed by atoms with van der Waals surface area (Å²) in [6.45, 7) is 4.46. The molecule has 0 aliphatic heterocycles. The molecule has 0 fully saturated rings. The van der Waals surface area contributed by atoms with Gasteiger partial charge in [-0.25, -0.2) is 0 Å². The lowest BCUT2D eigenvalue weighted by Gasteiger charge is -2.26. The van der Waals surface area contributed by atoms with Crippen LogP contribution in [0.15, 0.2) is 42.7 Å². The minimum absolute atomic E-state index is 0.209. The molecule has 0 aliphatic carbocycles. The maximum Gasteiger partial charge on any atom is 0.0538 e. The standard InChI is InChI=1S/C15H22N4/c1-3-19-12-14(10-17-19)15(9-16)18(2)11-13-7-5-4-6-8-13/h4-8,10,12,15H,3,9,11,16H2,1-2H3. The Morgan fingerprint density at radius 3 is 2.63 bits per heavy atom. The maximum absolute atomic E-state index is 5.93. The molecule has 4 heteroatoms. The molecule has 0 saturated carbocycles. The van der Waals surface area contributed by atoms with Crippen LogP contribution in [-0.2, 0) is 13.1 Å². The van der Waals surface area contributed by atoms with Gasteiger partial charge < -0.3 is 5.73 Å². The van der Waals surface area contributed by atoms with Crippen LogP contribution in [0.25, 0.3) is 0 Å². The maximum atomic E-state index is 5.93. The molecule has 1 aromatic carbocycles. The molecule has 2 N–H and O–H groups in total. The minimum Gasteiger partial charge on any atom is -0.329 e. The SMILES string of the molecule is CCn1cc(C(CN)N(C)Cc2ccccc2)cn1. The molecule has 4 nitrogen and oxygen atoms in total. The van der Waals surface area contributed by atoms with E-state index in [9.17, 15) is 0 Å². The van der Waals surface area contributed by atoms with E-state index in [1.807, 2.05) is 16.9 Å². The molecule has 0 saturated heterocycles. The average molecular weight is 258 g/mol. The molecule has 0 bridgehead atoms. The highest BCUT2D eigenvalue weighted by atomic mass is 15.3. The van der Waals surface area contributed by atoms with E-state index in [0.717, 1.165) is 13.1 Å². The van der Waals surface area contributed by atoms with Crippen molar-refractivity contribution in [1.29, 1.82) is 0 Å². The van der Waals surface area contributed by atoms with Gasteiger partial charge in [0.15, 0.2) is 0 Å². The number of rotatable bonds is 6. The van der Waals surface area contributed by atoms with Crippen LogP contribution in [-0.4, -0.2) is 28.3 Å². The third-order valence-electron chi connectivity index (χ3n) is 3.39. The fourth-order valence-corrected chi connectivity index (χ4v) is 2.28. The molecule has 1 aromatic heterocycles. The van der Waals surface area contributed by atoms with Crippen LogP contribution < -0.4 is 5.73 Å². The molecule has 0 radical (unpaired) electrons. The lowest BCUT2D eigenvalue weighted by molar-refractivity contribution is 0.241. The van der Waals surface area contributed by atoms with Gasteiger partial charge in [0.2, 0.25) is 0 Å². The summed E-state index contributed by atoms with van der Waals surface area (Å²) in [4.78, 5) is 2.27. The first-order valence-corrected chi connectivity index (χ1v) is 6.71. The summed E-state index contributed by atoms with van der Waals surface area (Å²) in [5.74, 6) is 0. The van der Waals surface area contributed by atoms with Crippen molar-refractivity contribution in [3.8, 4) is 0 Å². The molecule has 0 aliphatic rings. The third-order valence-corrected chi connectivity index (χ3v) is 3.39. The highest BCUT2D eigenvalue weighted by Crippen LogP contribution is 2.19. The van der Waals surface area contributed by atoms with Gasteiger partial charge in [-0.15, -0.1) is 0 Å². The number of hydrogen-bond acceptors (Lipinski definition) is 3. The average Bonchev–Trinajstić information content (AvgIpc) is 2.89. The Hall–Kier alpha value is -1.65. The van der Waals surface area contributed by atoms with Crippen LogP contribution >= 0.6 is 0 Å². The van der Waals surface area contributed by atoms with Gasteiger partial charge in [-0.3, -0.25) is 9.58 Å². The summed E-state index contributed by atoms with van der Waals surface area (Å²) in [6.07, 6.45) is 4.00. The Morgan fingerprint density at radius 1 is 1.32 bits per heavy atom. The number of likely N-dealkylation sites (N-methyl/N-ethyl adjacent to an activating group) is 1. The molecule has 1 unspecified atom stereocenters. The van der Waals surface area contributed by atoms with Gasteiger partial charge in [0.1, 0.15) is 0 Å². The van der Waals surface area contributed by atoms with Crippen LogP contribution in [0.1, 0.15) is 24.1 Å². The van der Waals surface area contributed by atoms with Crippen LogP contribution in [0.4, 0.5) is 0 Å². The van der Waals surface area contributed by atoms with Crippen LogP contribution in [0.3, 0.4) is 0 Å². The van der Waals surface area contributed by atoms with E-state index in [1.54, 1.807) is 0 Å². The predicted octanol–water partition coefficient (Wildman–Crippen LogP) is 2.03. The van der Waals surface area contributed by atoms with Gasteiger partial charge in [0.05, 0.1) is 12.2 Å². The fourth-order valence-electron chi connectivity index (χ4n) is 2.28. The summed E-state index contributed by atoms with van der Waals surface area (Å²) >= 11 is 0. The highest BCUT2D eigenvalue weighted by molar-refractivity contribution is 5.16. The second-order valence-corrected chi connectivity index (χ2v) is 4.78. The zero-order valence-corrected chi connectivity index (χ0v) is 11.7. The van der Waals surface area contributed by atoms with Gasteiger partial charge in [0.25, 0.3) is 0 Å². The van der Waals surface area contributed by atoms with Crippen LogP contribution in [0, 0.1) is 0 Å². The van der Waals surface area contributed by atoms with Gasteiger partial charge in [0, 0.05) is 31.4 Å². The largest absolute Gasteiger partial charge is 0.329 e. The van der Waals surface area contributed by atoms with Crippen molar-refractivity contribution in [2.45, 2.75) is 26.1 Å². The van der Waals surface area contributed by atoms with Crippen LogP contribution in [0.5, 0.6) is 0 Å². The fraction of sp³-hybridized carbons (Fsp3) is 0.400. The zero-order chi connectivity index (χ0) is 13.7. The van der Waals surface area contributed by atoms with E-state index in [4.69, 9.17) is 5.73 Å². The number of nitrogens with two attached hydrogens (primary N) is 1. The molecule has 0 amide bonds. The van der Waals surface area contributed by atoms with Gasteiger partial charge in [-0.2, -0.15) is 5.10 Å². The van der Waals surface area contributed by atoms with Gasteiger partial charge in [-0.1, -0.05) is 30.3 Å². The second-order valence-electron chi connectivity index (χ2n) is 4.78. The number of aromatic nitrogens is 2. The molecule has 1 atom stereocenters. The lowest BCUT2D eigenvalue weighted by Crippen LogP contribution is -2.29. The molecular weight excluding hydrogens is 236 g/mol. The molecule has 102 valence electrons. The molecular formula is C15H22N4. The lowest BCUT2D eigenvalue weighted by atomic mass is 10.1. The molecule has 19 heavy (non-hydrogen) atoms. The van der Waals surface area contributed by atoms with Crippen molar-refractivity contribution >= 4 is 0 Å². The minimum atomic E-state index is 0.209. The monoisotopic (exact) mass is 258 g/mol. The van der Waals surface area contributed by atoms with E-state index in [0.29, 0.717) is 6.54 Å². The Morgan fingerprint density at radius 2 is 2.05 bits per heavy atom. The van der Waals surface area contributed by atoms with Crippen molar-refractivity contribution in [2.75, 3.05) is 13.6 Å². The predicted molar refractivity (Wildman–Crippen MR) is 77.6 cm³/mol. The third kappa shape index (κ3) is 3.43. The summed E-state index contributed by atoms with van der Waals surface area (Å²) in [5, 5.41) is 4.33. The molecule has 2 aromatic rings. The van der Waals surface area contributed by atoms with E-state index in [-0.39, 0.29) is 6.04 Å². The molecule has 0 spiro atoms. The smallest absolute Gasteiger partial charge is 0.0538 e. The van der Waals surface area contributed by atoms with Crippen molar-refractivity contribution in [3.63, 3.8) is 0 Å². The number of aryl methyl sites for hydroxylation is 1. The Labute approximate surface area is 114 Å². The van der Waals surface area contributed by atoms with Crippen molar-refractivity contribution in [3.05, 3.63) is 53.9 Å². The summed E-state index contributed by atoms with van der Waals surface area (Å²) < 4.78 is 1.94. The van der Waals surface area contributed by atoms with Crippen LogP contribution in [0.2, 0.25) is 0 Å². The topological polar surface area (TPSA) is 47.1 Å². The summed E-state index contributed by atoms with van der Waals surface area (Å²) in [7, 11) is 2.10. The number of benzene rings is 1. The number of nitrogens with zero attached hydrogens (tertiary/aromatic N) is 3. The Balaban J connectivity index is 2.08. The first-order valence-electron chi connectivity index (χ1n) is 6.71. The molecule has 1 heterocycles.